The van der Waals surface area contributed by atoms with Crippen molar-refractivity contribution in [1.29, 1.82) is 0 Å². The molecule has 1 aromatic heterocycles. The van der Waals surface area contributed by atoms with Crippen LogP contribution in [0.25, 0.3) is 10.9 Å². The lowest BCUT2D eigenvalue weighted by Gasteiger charge is -2.57. The van der Waals surface area contributed by atoms with E-state index in [4.69, 9.17) is 0 Å². The molecule has 0 radical (unpaired) electrons. The van der Waals surface area contributed by atoms with Gasteiger partial charge in [0.25, 0.3) is 5.91 Å². The van der Waals surface area contributed by atoms with Crippen LogP contribution in [0.2, 0.25) is 0 Å². The number of para-hydroxylation sites is 1. The number of nitrogens with zero attached hydrogens (tertiary/aromatic N) is 2. The summed E-state index contributed by atoms with van der Waals surface area (Å²) in [6, 6.07) is 10.5. The molecule has 2 aromatic rings. The molecule has 136 valence electrons. The van der Waals surface area contributed by atoms with Crippen LogP contribution in [-0.2, 0) is 5.41 Å². The van der Waals surface area contributed by atoms with E-state index >= 15 is 0 Å². The highest BCUT2D eigenvalue weighted by Crippen LogP contribution is 2.61. The minimum absolute atomic E-state index is 0.119. The van der Waals surface area contributed by atoms with Crippen LogP contribution in [0.4, 0.5) is 0 Å². The molecule has 4 saturated carbocycles. The van der Waals surface area contributed by atoms with Crippen molar-refractivity contribution in [3.05, 3.63) is 41.6 Å². The number of fused-ring (bicyclic) bond motifs is 1. The van der Waals surface area contributed by atoms with Crippen molar-refractivity contribution in [3.63, 3.8) is 0 Å². The van der Waals surface area contributed by atoms with E-state index in [0.29, 0.717) is 5.69 Å². The van der Waals surface area contributed by atoms with Gasteiger partial charge in [0, 0.05) is 19.5 Å². The van der Waals surface area contributed by atoms with Crippen molar-refractivity contribution in [1.82, 2.24) is 15.4 Å². The van der Waals surface area contributed by atoms with Gasteiger partial charge in [0.05, 0.1) is 5.52 Å². The molecule has 1 amide bonds. The Morgan fingerprint density at radius 1 is 1.08 bits per heavy atom. The third kappa shape index (κ3) is 2.54. The highest BCUT2D eigenvalue weighted by Gasteiger charge is 2.52. The van der Waals surface area contributed by atoms with E-state index in [0.717, 1.165) is 23.3 Å². The Morgan fingerprint density at radius 2 is 1.69 bits per heavy atom. The summed E-state index contributed by atoms with van der Waals surface area (Å²) in [6.45, 7) is 0. The van der Waals surface area contributed by atoms with Crippen LogP contribution in [0, 0.1) is 17.8 Å². The zero-order chi connectivity index (χ0) is 17.9. The number of hydrazine groups is 1. The lowest BCUT2D eigenvalue weighted by molar-refractivity contribution is -0.00454. The fraction of sp³-hybridized carbons (Fsp3) is 0.545. The maximum atomic E-state index is 12.7. The second-order valence-electron chi connectivity index (χ2n) is 9.11. The van der Waals surface area contributed by atoms with Crippen molar-refractivity contribution < 1.29 is 4.79 Å². The molecule has 1 heterocycles. The Hall–Kier alpha value is -1.94. The van der Waals surface area contributed by atoms with Crippen LogP contribution in [-0.4, -0.2) is 30.0 Å². The molecule has 4 aliphatic carbocycles. The molecule has 6 rings (SSSR count). The zero-order valence-electron chi connectivity index (χ0n) is 15.7. The van der Waals surface area contributed by atoms with Gasteiger partial charge in [-0.05, 0) is 79.4 Å². The summed E-state index contributed by atoms with van der Waals surface area (Å²) >= 11 is 0. The molecule has 1 aromatic carbocycles. The molecule has 4 bridgehead atoms. The van der Waals surface area contributed by atoms with Crippen LogP contribution in [0.3, 0.4) is 0 Å². The third-order valence-electron chi connectivity index (χ3n) is 6.88. The number of benzene rings is 1. The molecule has 4 fully saturated rings. The molecular weight excluding hydrogens is 322 g/mol. The van der Waals surface area contributed by atoms with E-state index in [-0.39, 0.29) is 11.3 Å². The number of carbonyl (C=O) groups is 1. The largest absolute Gasteiger partial charge is 0.284 e. The normalized spacial score (nSPS) is 32.3. The highest BCUT2D eigenvalue weighted by atomic mass is 16.2. The molecule has 0 unspecified atom stereocenters. The van der Waals surface area contributed by atoms with Crippen molar-refractivity contribution in [2.24, 2.45) is 17.8 Å². The molecule has 0 aliphatic heterocycles. The average molecular weight is 349 g/mol. The van der Waals surface area contributed by atoms with E-state index in [1.807, 2.05) is 26.2 Å². The Bertz CT molecular complexity index is 838. The summed E-state index contributed by atoms with van der Waals surface area (Å²) in [5.74, 6) is 2.53. The first-order chi connectivity index (χ1) is 12.5. The number of hydrogen-bond donors (Lipinski definition) is 1. The number of aromatic nitrogens is 1. The zero-order valence-corrected chi connectivity index (χ0v) is 15.7. The number of carbonyl (C=O) groups excluding carboxylic acids is 1. The number of hydrogen-bond acceptors (Lipinski definition) is 3. The maximum Gasteiger partial charge on any atom is 0.284 e. The second kappa shape index (κ2) is 5.78. The summed E-state index contributed by atoms with van der Waals surface area (Å²) < 4.78 is 0. The molecule has 0 atom stereocenters. The number of nitrogens with one attached hydrogen (secondary N) is 1. The van der Waals surface area contributed by atoms with E-state index in [1.54, 1.807) is 5.01 Å². The first-order valence-electron chi connectivity index (χ1n) is 9.91. The molecule has 1 N–H and O–H groups in total. The number of pyridine rings is 1. The molecule has 4 nitrogen and oxygen atoms in total. The molecular formula is C22H27N3O. The summed E-state index contributed by atoms with van der Waals surface area (Å²) in [7, 11) is 3.66. The summed E-state index contributed by atoms with van der Waals surface area (Å²) in [5.41, 5.74) is 5.99. The van der Waals surface area contributed by atoms with Crippen molar-refractivity contribution >= 4 is 16.8 Å². The van der Waals surface area contributed by atoms with Gasteiger partial charge >= 0.3 is 0 Å². The molecule has 4 heteroatoms. The second-order valence-corrected chi connectivity index (χ2v) is 9.11. The first kappa shape index (κ1) is 16.2. The molecule has 4 aliphatic rings. The Kier molecular flexibility index (Phi) is 3.61. The van der Waals surface area contributed by atoms with Crippen molar-refractivity contribution in [3.8, 4) is 0 Å². The molecule has 26 heavy (non-hydrogen) atoms. The monoisotopic (exact) mass is 349 g/mol. The lowest BCUT2D eigenvalue weighted by Crippen LogP contribution is -2.48. The van der Waals surface area contributed by atoms with E-state index in [9.17, 15) is 4.79 Å². The first-order valence-corrected chi connectivity index (χ1v) is 9.91. The predicted molar refractivity (Wildman–Crippen MR) is 103 cm³/mol. The van der Waals surface area contributed by atoms with Crippen LogP contribution in [0.15, 0.2) is 30.3 Å². The summed E-state index contributed by atoms with van der Waals surface area (Å²) in [4.78, 5) is 17.3. The fourth-order valence-electron chi connectivity index (χ4n) is 6.43. The van der Waals surface area contributed by atoms with Gasteiger partial charge in [-0.2, -0.15) is 0 Å². The lowest BCUT2D eigenvalue weighted by atomic mass is 9.48. The Labute approximate surface area is 155 Å². The highest BCUT2D eigenvalue weighted by molar-refractivity contribution is 5.96. The van der Waals surface area contributed by atoms with Crippen LogP contribution in [0.5, 0.6) is 0 Å². The van der Waals surface area contributed by atoms with Gasteiger partial charge in [0.15, 0.2) is 0 Å². The van der Waals surface area contributed by atoms with Crippen LogP contribution < -0.4 is 5.43 Å². The third-order valence-corrected chi connectivity index (χ3v) is 6.88. The van der Waals surface area contributed by atoms with Gasteiger partial charge < -0.3 is 0 Å². The van der Waals surface area contributed by atoms with Gasteiger partial charge in [-0.25, -0.2) is 9.99 Å². The molecule has 0 saturated heterocycles. The quantitative estimate of drug-likeness (QED) is 0.855. The van der Waals surface area contributed by atoms with Crippen LogP contribution in [0.1, 0.15) is 54.6 Å². The minimum Gasteiger partial charge on any atom is -0.284 e. The van der Waals surface area contributed by atoms with E-state index in [1.165, 1.54) is 49.5 Å². The fourth-order valence-corrected chi connectivity index (χ4v) is 6.43. The summed E-state index contributed by atoms with van der Waals surface area (Å²) in [5, 5.41) is 2.93. The maximum absolute atomic E-state index is 12.7. The van der Waals surface area contributed by atoms with Gasteiger partial charge in [-0.3, -0.25) is 10.2 Å². The minimum atomic E-state index is -0.119. The van der Waals surface area contributed by atoms with Gasteiger partial charge in [-0.1, -0.05) is 18.2 Å². The smallest absolute Gasteiger partial charge is 0.284 e. The van der Waals surface area contributed by atoms with Crippen molar-refractivity contribution in [2.45, 2.75) is 43.9 Å². The number of rotatable bonds is 3. The standard InChI is InChI=1S/C22H27N3O/c1-25(2)24-21(26)20-10-18(17-5-3-4-6-19(17)23-20)22-11-14-7-15(12-22)9-16(8-14)13-22/h3-6,10,14-16H,7-9,11-13H2,1-2H3,(H,24,26). The van der Waals surface area contributed by atoms with Gasteiger partial charge in [-0.15, -0.1) is 0 Å². The summed E-state index contributed by atoms with van der Waals surface area (Å²) in [6.07, 6.45) is 8.16. The number of amides is 1. The molecule has 0 spiro atoms. The Balaban J connectivity index is 1.66. The van der Waals surface area contributed by atoms with Gasteiger partial charge in [0.2, 0.25) is 0 Å². The van der Waals surface area contributed by atoms with Crippen molar-refractivity contribution in [2.75, 3.05) is 14.1 Å². The topological polar surface area (TPSA) is 45.2 Å². The van der Waals surface area contributed by atoms with Crippen LogP contribution >= 0.6 is 0 Å². The van der Waals surface area contributed by atoms with E-state index < -0.39 is 0 Å². The average Bonchev–Trinajstić information content (AvgIpc) is 2.59. The Morgan fingerprint density at radius 3 is 2.31 bits per heavy atom. The predicted octanol–water partition coefficient (Wildman–Crippen LogP) is 3.91. The SMILES string of the molecule is CN(C)NC(=O)c1cc(C23CC4CC(CC(C4)C2)C3)c2ccccc2n1. The van der Waals surface area contributed by atoms with Gasteiger partial charge in [0.1, 0.15) is 5.69 Å². The van der Waals surface area contributed by atoms with E-state index in [2.05, 4.69) is 28.6 Å².